The third-order valence-corrected chi connectivity index (χ3v) is 4.12. The summed E-state index contributed by atoms with van der Waals surface area (Å²) in [5.41, 5.74) is 0. The molecule has 0 aromatic rings. The summed E-state index contributed by atoms with van der Waals surface area (Å²) in [5.74, 6) is -0.390. The van der Waals surface area contributed by atoms with Gasteiger partial charge >= 0.3 is 5.97 Å². The number of aliphatic carboxylic acids is 1. The number of carboxylic acid groups (broad SMARTS) is 1. The van der Waals surface area contributed by atoms with Gasteiger partial charge in [-0.25, -0.2) is 4.79 Å². The van der Waals surface area contributed by atoms with Crippen molar-refractivity contribution >= 4 is 11.9 Å². The Morgan fingerprint density at radius 1 is 1.38 bits per heavy atom. The largest absolute Gasteiger partial charge is 0.480 e. The number of rotatable bonds is 9. The van der Waals surface area contributed by atoms with E-state index in [0.717, 1.165) is 0 Å². The second kappa shape index (κ2) is 9.55. The van der Waals surface area contributed by atoms with Gasteiger partial charge in [0.15, 0.2) is 6.04 Å². The van der Waals surface area contributed by atoms with Crippen molar-refractivity contribution in [1.82, 2.24) is 5.32 Å². The van der Waals surface area contributed by atoms with Crippen LogP contribution in [-0.2, 0) is 14.3 Å². The van der Waals surface area contributed by atoms with E-state index in [1.807, 2.05) is 0 Å². The molecular weight excluding hydrogens is 270 g/mol. The van der Waals surface area contributed by atoms with Crippen LogP contribution >= 0.6 is 0 Å². The minimum Gasteiger partial charge on any atom is -0.480 e. The highest BCUT2D eigenvalue weighted by atomic mass is 16.5. The lowest BCUT2D eigenvalue weighted by molar-refractivity contribution is -0.143. The summed E-state index contributed by atoms with van der Waals surface area (Å²) < 4.78 is 5.11. The Kier molecular flexibility index (Phi) is 8.05. The van der Waals surface area contributed by atoms with Gasteiger partial charge in [0.05, 0.1) is 13.2 Å². The topological polar surface area (TPSA) is 75.6 Å². The zero-order valence-electron chi connectivity index (χ0n) is 12.8. The number of amides is 1. The van der Waals surface area contributed by atoms with Gasteiger partial charge in [-0.05, 0) is 11.8 Å². The second-order valence-corrected chi connectivity index (χ2v) is 5.86. The van der Waals surface area contributed by atoms with Crippen LogP contribution in [0.2, 0.25) is 0 Å². The average molecular weight is 297 g/mol. The molecule has 2 unspecified atom stereocenters. The van der Waals surface area contributed by atoms with Crippen LogP contribution in [0.5, 0.6) is 0 Å². The molecule has 1 amide bonds. The molecule has 5 nitrogen and oxygen atoms in total. The fraction of sp³-hybridized carbons (Fsp3) is 0.750. The molecule has 0 radical (unpaired) electrons. The SMILES string of the molecule is C=CCOCC(NC(=O)CC(C)C1CCCCC1)C(=O)O. The Balaban J connectivity index is 2.37. The van der Waals surface area contributed by atoms with Crippen LogP contribution in [0.25, 0.3) is 0 Å². The second-order valence-electron chi connectivity index (χ2n) is 5.86. The Labute approximate surface area is 126 Å². The number of nitrogens with one attached hydrogen (secondary N) is 1. The summed E-state index contributed by atoms with van der Waals surface area (Å²) >= 11 is 0. The molecule has 1 fully saturated rings. The van der Waals surface area contributed by atoms with Crippen molar-refractivity contribution in [3.05, 3.63) is 12.7 Å². The molecule has 1 aliphatic carbocycles. The highest BCUT2D eigenvalue weighted by Crippen LogP contribution is 2.31. The maximum absolute atomic E-state index is 12.0. The van der Waals surface area contributed by atoms with Gasteiger partial charge in [0.2, 0.25) is 5.91 Å². The summed E-state index contributed by atoms with van der Waals surface area (Å²) in [6.45, 7) is 5.82. The van der Waals surface area contributed by atoms with E-state index < -0.39 is 12.0 Å². The van der Waals surface area contributed by atoms with E-state index in [2.05, 4.69) is 18.8 Å². The fourth-order valence-corrected chi connectivity index (χ4v) is 2.86. The maximum atomic E-state index is 12.0. The lowest BCUT2D eigenvalue weighted by atomic mass is 9.79. The fourth-order valence-electron chi connectivity index (χ4n) is 2.86. The quantitative estimate of drug-likeness (QED) is 0.506. The minimum absolute atomic E-state index is 0.0368. The summed E-state index contributed by atoms with van der Waals surface area (Å²) in [4.78, 5) is 23.1. The summed E-state index contributed by atoms with van der Waals surface area (Å²) in [7, 11) is 0. The summed E-state index contributed by atoms with van der Waals surface area (Å²) in [6, 6.07) is -0.990. The lowest BCUT2D eigenvalue weighted by Gasteiger charge is -2.27. The van der Waals surface area contributed by atoms with E-state index in [9.17, 15) is 9.59 Å². The van der Waals surface area contributed by atoms with E-state index in [-0.39, 0.29) is 19.1 Å². The molecule has 0 bridgehead atoms. The zero-order chi connectivity index (χ0) is 15.7. The van der Waals surface area contributed by atoms with E-state index in [1.165, 1.54) is 32.1 Å². The molecule has 1 saturated carbocycles. The van der Waals surface area contributed by atoms with Gasteiger partial charge in [-0.3, -0.25) is 4.79 Å². The first-order valence-electron chi connectivity index (χ1n) is 7.75. The molecule has 0 heterocycles. The molecular formula is C16H27NO4. The molecule has 0 aromatic heterocycles. The van der Waals surface area contributed by atoms with E-state index in [0.29, 0.717) is 18.3 Å². The van der Waals surface area contributed by atoms with Gasteiger partial charge in [0.1, 0.15) is 0 Å². The Hall–Kier alpha value is -1.36. The summed E-state index contributed by atoms with van der Waals surface area (Å²) in [6.07, 6.45) is 8.06. The minimum atomic E-state index is -1.07. The van der Waals surface area contributed by atoms with E-state index >= 15 is 0 Å². The molecule has 21 heavy (non-hydrogen) atoms. The van der Waals surface area contributed by atoms with E-state index in [1.54, 1.807) is 6.08 Å². The maximum Gasteiger partial charge on any atom is 0.328 e. The van der Waals surface area contributed by atoms with Crippen molar-refractivity contribution in [2.24, 2.45) is 11.8 Å². The van der Waals surface area contributed by atoms with Gasteiger partial charge in [-0.1, -0.05) is 45.1 Å². The number of hydrogen-bond donors (Lipinski definition) is 2. The molecule has 5 heteroatoms. The standard InChI is InChI=1S/C16H27NO4/c1-3-9-21-11-14(16(19)20)17-15(18)10-12(2)13-7-5-4-6-8-13/h3,12-14H,1,4-11H2,2H3,(H,17,18)(H,19,20). The van der Waals surface area contributed by atoms with Crippen molar-refractivity contribution in [2.75, 3.05) is 13.2 Å². The van der Waals surface area contributed by atoms with Crippen LogP contribution in [-0.4, -0.2) is 36.2 Å². The van der Waals surface area contributed by atoms with Gasteiger partial charge in [-0.15, -0.1) is 6.58 Å². The lowest BCUT2D eigenvalue weighted by Crippen LogP contribution is -2.44. The predicted molar refractivity (Wildman–Crippen MR) is 80.9 cm³/mol. The smallest absolute Gasteiger partial charge is 0.328 e. The number of carbonyl (C=O) groups is 2. The van der Waals surface area contributed by atoms with Crippen molar-refractivity contribution in [3.63, 3.8) is 0 Å². The Morgan fingerprint density at radius 3 is 2.62 bits per heavy atom. The number of ether oxygens (including phenoxy) is 1. The highest BCUT2D eigenvalue weighted by molar-refractivity contribution is 5.83. The number of carbonyl (C=O) groups excluding carboxylic acids is 1. The molecule has 0 aromatic carbocycles. The summed E-state index contributed by atoms with van der Waals surface area (Å²) in [5, 5.41) is 11.6. The van der Waals surface area contributed by atoms with Crippen molar-refractivity contribution < 1.29 is 19.4 Å². The first kappa shape index (κ1) is 17.7. The van der Waals surface area contributed by atoms with Gasteiger partial charge in [-0.2, -0.15) is 0 Å². The molecule has 0 spiro atoms. The normalized spacial score (nSPS) is 18.7. The molecule has 0 saturated heterocycles. The molecule has 1 aliphatic rings. The molecule has 1 rings (SSSR count). The Morgan fingerprint density at radius 2 is 2.05 bits per heavy atom. The van der Waals surface area contributed by atoms with Crippen LogP contribution in [0.1, 0.15) is 45.4 Å². The van der Waals surface area contributed by atoms with Gasteiger partial charge < -0.3 is 15.2 Å². The van der Waals surface area contributed by atoms with Crippen molar-refractivity contribution in [3.8, 4) is 0 Å². The molecule has 2 atom stereocenters. The van der Waals surface area contributed by atoms with Crippen molar-refractivity contribution in [2.45, 2.75) is 51.5 Å². The van der Waals surface area contributed by atoms with Crippen LogP contribution in [0, 0.1) is 11.8 Å². The van der Waals surface area contributed by atoms with Crippen LogP contribution in [0.4, 0.5) is 0 Å². The zero-order valence-corrected chi connectivity index (χ0v) is 12.8. The van der Waals surface area contributed by atoms with Crippen molar-refractivity contribution in [1.29, 1.82) is 0 Å². The van der Waals surface area contributed by atoms with Gasteiger partial charge in [0.25, 0.3) is 0 Å². The van der Waals surface area contributed by atoms with E-state index in [4.69, 9.17) is 9.84 Å². The first-order valence-corrected chi connectivity index (χ1v) is 7.75. The monoisotopic (exact) mass is 297 g/mol. The first-order chi connectivity index (χ1) is 10.0. The highest BCUT2D eigenvalue weighted by Gasteiger charge is 2.25. The molecule has 120 valence electrons. The molecule has 2 N–H and O–H groups in total. The number of hydrogen-bond acceptors (Lipinski definition) is 3. The van der Waals surface area contributed by atoms with Crippen LogP contribution in [0.3, 0.4) is 0 Å². The van der Waals surface area contributed by atoms with Crippen LogP contribution in [0.15, 0.2) is 12.7 Å². The number of carboxylic acids is 1. The third kappa shape index (κ3) is 6.76. The average Bonchev–Trinajstić information content (AvgIpc) is 2.47. The molecule has 0 aliphatic heterocycles. The van der Waals surface area contributed by atoms with Gasteiger partial charge in [0, 0.05) is 6.42 Å². The third-order valence-electron chi connectivity index (χ3n) is 4.12. The Bertz CT molecular complexity index is 350. The van der Waals surface area contributed by atoms with Crippen LogP contribution < -0.4 is 5.32 Å². The predicted octanol–water partition coefficient (Wildman–Crippen LogP) is 2.36.